The number of nitrogen functional groups attached to an aromatic ring is 1. The van der Waals surface area contributed by atoms with Gasteiger partial charge in [-0.1, -0.05) is 6.07 Å². The minimum atomic E-state index is -4.10. The van der Waals surface area contributed by atoms with E-state index in [0.717, 1.165) is 6.07 Å². The van der Waals surface area contributed by atoms with Crippen molar-refractivity contribution in [3.8, 4) is 0 Å². The number of hydrogen-bond donors (Lipinski definition) is 2. The van der Waals surface area contributed by atoms with Crippen LogP contribution in [0.15, 0.2) is 23.1 Å². The number of sulfone groups is 1. The second-order valence-corrected chi connectivity index (χ2v) is 8.66. The summed E-state index contributed by atoms with van der Waals surface area (Å²) in [6.07, 6.45) is 0.353. The Labute approximate surface area is 117 Å². The van der Waals surface area contributed by atoms with Crippen LogP contribution in [-0.2, 0) is 19.9 Å². The van der Waals surface area contributed by atoms with Gasteiger partial charge in [-0.25, -0.2) is 25.9 Å². The monoisotopic (exact) mass is 322 g/mol. The summed E-state index contributed by atoms with van der Waals surface area (Å²) in [6, 6.07) is 3.10. The zero-order valence-corrected chi connectivity index (χ0v) is 12.2. The van der Waals surface area contributed by atoms with Gasteiger partial charge in [-0.2, -0.15) is 0 Å². The first kappa shape index (κ1) is 15.2. The van der Waals surface area contributed by atoms with Crippen molar-refractivity contribution in [1.29, 1.82) is 0 Å². The molecule has 0 radical (unpaired) electrons. The lowest BCUT2D eigenvalue weighted by Crippen LogP contribution is -2.41. The highest BCUT2D eigenvalue weighted by molar-refractivity contribution is 7.91. The van der Waals surface area contributed by atoms with E-state index in [-0.39, 0.29) is 30.0 Å². The summed E-state index contributed by atoms with van der Waals surface area (Å²) in [6.45, 7) is 0. The van der Waals surface area contributed by atoms with Crippen LogP contribution in [-0.4, -0.2) is 34.4 Å². The topological polar surface area (TPSA) is 106 Å². The average Bonchev–Trinajstić information content (AvgIpc) is 2.31. The number of hydrogen-bond acceptors (Lipinski definition) is 5. The van der Waals surface area contributed by atoms with E-state index in [9.17, 15) is 21.2 Å². The molecule has 1 aromatic carbocycles. The summed E-state index contributed by atoms with van der Waals surface area (Å²) in [5.41, 5.74) is 5.32. The van der Waals surface area contributed by atoms with Gasteiger partial charge < -0.3 is 5.73 Å². The largest absolute Gasteiger partial charge is 0.398 e. The van der Waals surface area contributed by atoms with E-state index < -0.39 is 36.6 Å². The van der Waals surface area contributed by atoms with Gasteiger partial charge in [0.05, 0.1) is 17.2 Å². The van der Waals surface area contributed by atoms with Crippen molar-refractivity contribution in [3.63, 3.8) is 0 Å². The van der Waals surface area contributed by atoms with E-state index in [2.05, 4.69) is 4.72 Å². The summed E-state index contributed by atoms with van der Waals surface area (Å²) in [4.78, 5) is -0.589. The first-order valence-electron chi connectivity index (χ1n) is 5.98. The zero-order valence-electron chi connectivity index (χ0n) is 10.5. The number of benzene rings is 1. The number of rotatable bonds is 3. The van der Waals surface area contributed by atoms with E-state index in [1.54, 1.807) is 0 Å². The van der Waals surface area contributed by atoms with Crippen molar-refractivity contribution >= 4 is 25.5 Å². The van der Waals surface area contributed by atoms with Gasteiger partial charge in [0.25, 0.3) is 0 Å². The molecule has 112 valence electrons. The molecule has 0 unspecified atom stereocenters. The van der Waals surface area contributed by atoms with Crippen LogP contribution in [0, 0.1) is 5.82 Å². The molecule has 1 fully saturated rings. The summed E-state index contributed by atoms with van der Waals surface area (Å²) < 4.78 is 62.8. The lowest BCUT2D eigenvalue weighted by atomic mass is 10.2. The fourth-order valence-electron chi connectivity index (χ4n) is 2.10. The molecule has 2 rings (SSSR count). The fraction of sp³-hybridized carbons (Fsp3) is 0.455. The summed E-state index contributed by atoms with van der Waals surface area (Å²) in [7, 11) is -7.19. The summed E-state index contributed by atoms with van der Waals surface area (Å²) in [5.74, 6) is -1.08. The molecule has 0 spiro atoms. The third kappa shape index (κ3) is 3.28. The minimum Gasteiger partial charge on any atom is -0.398 e. The summed E-state index contributed by atoms with van der Waals surface area (Å²) >= 11 is 0. The number of nitrogens with two attached hydrogens (primary N) is 1. The molecule has 0 saturated carbocycles. The van der Waals surface area contributed by atoms with Crippen molar-refractivity contribution < 1.29 is 21.2 Å². The SMILES string of the molecule is Nc1cccc(F)c1S(=O)(=O)NC1CCS(=O)(=O)CC1. The van der Waals surface area contributed by atoms with Crippen LogP contribution in [0.4, 0.5) is 10.1 Å². The Bertz CT molecular complexity index is 682. The molecule has 0 aromatic heterocycles. The third-order valence-electron chi connectivity index (χ3n) is 3.14. The standard InChI is InChI=1S/C11H15FN2O4S2/c12-9-2-1-3-10(13)11(9)20(17,18)14-8-4-6-19(15,16)7-5-8/h1-3,8,14H,4-7,13H2. The predicted molar refractivity (Wildman–Crippen MR) is 72.8 cm³/mol. The molecular weight excluding hydrogens is 307 g/mol. The lowest BCUT2D eigenvalue weighted by Gasteiger charge is -2.23. The van der Waals surface area contributed by atoms with Crippen molar-refractivity contribution in [2.45, 2.75) is 23.8 Å². The van der Waals surface area contributed by atoms with Gasteiger partial charge in [0, 0.05) is 6.04 Å². The van der Waals surface area contributed by atoms with Gasteiger partial charge in [0.1, 0.15) is 20.5 Å². The van der Waals surface area contributed by atoms with Gasteiger partial charge in [-0.05, 0) is 25.0 Å². The van der Waals surface area contributed by atoms with Gasteiger partial charge in [0.15, 0.2) is 0 Å². The van der Waals surface area contributed by atoms with Crippen molar-refractivity contribution in [3.05, 3.63) is 24.0 Å². The van der Waals surface area contributed by atoms with Crippen LogP contribution < -0.4 is 10.5 Å². The first-order chi connectivity index (χ1) is 9.21. The zero-order chi connectivity index (χ0) is 15.0. The van der Waals surface area contributed by atoms with Crippen LogP contribution in [0.2, 0.25) is 0 Å². The molecule has 0 amide bonds. The Hall–Kier alpha value is -1.19. The normalized spacial score (nSPS) is 19.9. The van der Waals surface area contributed by atoms with E-state index in [4.69, 9.17) is 5.73 Å². The molecule has 0 aliphatic carbocycles. The quantitative estimate of drug-likeness (QED) is 0.777. The highest BCUT2D eigenvalue weighted by Crippen LogP contribution is 2.23. The number of halogens is 1. The van der Waals surface area contributed by atoms with E-state index in [0.29, 0.717) is 0 Å². The van der Waals surface area contributed by atoms with Crippen molar-refractivity contribution in [1.82, 2.24) is 4.72 Å². The second-order valence-electron chi connectivity index (χ2n) is 4.71. The Morgan fingerprint density at radius 3 is 2.40 bits per heavy atom. The first-order valence-corrected chi connectivity index (χ1v) is 9.28. The number of nitrogens with one attached hydrogen (secondary N) is 1. The Balaban J connectivity index is 2.21. The van der Waals surface area contributed by atoms with Gasteiger partial charge in [-0.15, -0.1) is 0 Å². The van der Waals surface area contributed by atoms with Crippen molar-refractivity contribution in [2.24, 2.45) is 0 Å². The molecule has 3 N–H and O–H groups in total. The van der Waals surface area contributed by atoms with Gasteiger partial charge >= 0.3 is 0 Å². The molecule has 1 saturated heterocycles. The summed E-state index contributed by atoms with van der Waals surface area (Å²) in [5, 5.41) is 0. The maximum Gasteiger partial charge on any atom is 0.245 e. The fourth-order valence-corrected chi connectivity index (χ4v) is 5.08. The molecule has 1 aromatic rings. The van der Waals surface area contributed by atoms with E-state index in [1.807, 2.05) is 0 Å². The second kappa shape index (κ2) is 5.30. The van der Waals surface area contributed by atoms with Gasteiger partial charge in [0.2, 0.25) is 10.0 Å². The van der Waals surface area contributed by atoms with E-state index in [1.165, 1.54) is 12.1 Å². The third-order valence-corrected chi connectivity index (χ3v) is 6.47. The van der Waals surface area contributed by atoms with Crippen LogP contribution in [0.1, 0.15) is 12.8 Å². The van der Waals surface area contributed by atoms with E-state index >= 15 is 0 Å². The molecule has 1 aliphatic rings. The minimum absolute atomic E-state index is 0.0764. The Morgan fingerprint density at radius 2 is 1.85 bits per heavy atom. The van der Waals surface area contributed by atoms with Gasteiger partial charge in [-0.3, -0.25) is 0 Å². The van der Waals surface area contributed by atoms with Crippen LogP contribution >= 0.6 is 0 Å². The Kier molecular flexibility index (Phi) is 4.03. The number of anilines is 1. The predicted octanol–water partition coefficient (Wildman–Crippen LogP) is 0.263. The average molecular weight is 322 g/mol. The highest BCUT2D eigenvalue weighted by atomic mass is 32.2. The lowest BCUT2D eigenvalue weighted by molar-refractivity contribution is 0.500. The number of sulfonamides is 1. The molecule has 20 heavy (non-hydrogen) atoms. The maximum absolute atomic E-state index is 13.6. The maximum atomic E-state index is 13.6. The molecule has 1 heterocycles. The van der Waals surface area contributed by atoms with Crippen molar-refractivity contribution in [2.75, 3.05) is 17.2 Å². The molecule has 0 bridgehead atoms. The Morgan fingerprint density at radius 1 is 1.25 bits per heavy atom. The van der Waals surface area contributed by atoms with Crippen LogP contribution in [0.5, 0.6) is 0 Å². The van der Waals surface area contributed by atoms with Crippen LogP contribution in [0.25, 0.3) is 0 Å². The molecule has 9 heteroatoms. The molecule has 1 aliphatic heterocycles. The smallest absolute Gasteiger partial charge is 0.245 e. The highest BCUT2D eigenvalue weighted by Gasteiger charge is 2.29. The molecule has 0 atom stereocenters. The molecule has 6 nitrogen and oxygen atoms in total. The molecular formula is C11H15FN2O4S2. The van der Waals surface area contributed by atoms with Crippen LogP contribution in [0.3, 0.4) is 0 Å².